The maximum absolute atomic E-state index is 13.6. The van der Waals surface area contributed by atoms with Crippen LogP contribution in [0.25, 0.3) is 11.4 Å². The Bertz CT molecular complexity index is 754. The number of aromatic nitrogens is 3. The predicted molar refractivity (Wildman–Crippen MR) is 75.2 cm³/mol. The molecule has 0 N–H and O–H groups in total. The molecule has 0 amide bonds. The lowest BCUT2D eigenvalue weighted by molar-refractivity contribution is 0.00895. The molecule has 0 saturated heterocycles. The predicted octanol–water partition coefficient (Wildman–Crippen LogP) is 3.74. The van der Waals surface area contributed by atoms with E-state index in [9.17, 15) is 8.78 Å². The van der Waals surface area contributed by atoms with Crippen LogP contribution in [0.1, 0.15) is 29.4 Å². The fraction of sp³-hybridized carbons (Fsp3) is 0.357. The van der Waals surface area contributed by atoms with Gasteiger partial charge in [0.15, 0.2) is 0 Å². The van der Waals surface area contributed by atoms with Gasteiger partial charge in [-0.05, 0) is 25.5 Å². The molecule has 0 unspecified atom stereocenters. The van der Waals surface area contributed by atoms with Crippen molar-refractivity contribution in [1.29, 1.82) is 5.26 Å². The van der Waals surface area contributed by atoms with Crippen LogP contribution in [-0.4, -0.2) is 14.8 Å². The number of alkyl halides is 2. The molecule has 0 radical (unpaired) electrons. The van der Waals surface area contributed by atoms with Gasteiger partial charge < -0.3 is 0 Å². The van der Waals surface area contributed by atoms with E-state index in [4.69, 9.17) is 16.9 Å². The highest BCUT2D eigenvalue weighted by Gasteiger charge is 2.34. The number of halogens is 3. The van der Waals surface area contributed by atoms with Gasteiger partial charge in [-0.3, -0.25) is 4.68 Å². The lowest BCUT2D eigenvalue weighted by atomic mass is 10.1. The summed E-state index contributed by atoms with van der Waals surface area (Å²) in [6, 6.07) is 3.67. The Kier molecular flexibility index (Phi) is 3.72. The Labute approximate surface area is 126 Å². The summed E-state index contributed by atoms with van der Waals surface area (Å²) in [6.45, 7) is 4.18. The molecule has 0 saturated carbocycles. The van der Waals surface area contributed by atoms with Gasteiger partial charge in [-0.2, -0.15) is 19.1 Å². The molecule has 0 aliphatic heterocycles. The summed E-state index contributed by atoms with van der Waals surface area (Å²) < 4.78 is 28.3. The Hall–Kier alpha value is -2.00. The first kappa shape index (κ1) is 15.4. The first-order valence-corrected chi connectivity index (χ1v) is 6.54. The summed E-state index contributed by atoms with van der Waals surface area (Å²) >= 11 is 6.08. The molecule has 4 nitrogen and oxygen atoms in total. The largest absolute Gasteiger partial charge is 0.288 e. The smallest absolute Gasteiger partial charge is 0.264 e. The summed E-state index contributed by atoms with van der Waals surface area (Å²) in [4.78, 5) is 4.28. The quantitative estimate of drug-likeness (QED) is 0.849. The zero-order valence-electron chi connectivity index (χ0n) is 12.0. The van der Waals surface area contributed by atoms with Crippen molar-refractivity contribution in [3.05, 3.63) is 33.6 Å². The standard InChI is InChI=1S/C14H13ClF2N4/c1-7-5-9(6-18)8(2)19-11(7)12-10(15)13(14(3,16)17)21(4)20-12/h5H,1-4H3. The van der Waals surface area contributed by atoms with Crippen molar-refractivity contribution >= 4 is 11.6 Å². The zero-order valence-corrected chi connectivity index (χ0v) is 12.8. The molecular formula is C14H13ClF2N4. The summed E-state index contributed by atoms with van der Waals surface area (Å²) in [7, 11) is 1.41. The van der Waals surface area contributed by atoms with Crippen molar-refractivity contribution in [3.8, 4) is 17.5 Å². The molecule has 21 heavy (non-hydrogen) atoms. The highest BCUT2D eigenvalue weighted by molar-refractivity contribution is 6.33. The number of nitrogens with zero attached hydrogens (tertiary/aromatic N) is 4. The number of rotatable bonds is 2. The minimum absolute atomic E-state index is 0.121. The fourth-order valence-electron chi connectivity index (χ4n) is 2.18. The molecule has 0 fully saturated rings. The lowest BCUT2D eigenvalue weighted by Crippen LogP contribution is -2.13. The zero-order chi connectivity index (χ0) is 15.9. The lowest BCUT2D eigenvalue weighted by Gasteiger charge is -2.10. The second-order valence-corrected chi connectivity index (χ2v) is 5.30. The number of nitriles is 1. The molecule has 7 heteroatoms. The molecule has 0 aliphatic carbocycles. The highest BCUT2D eigenvalue weighted by Crippen LogP contribution is 2.38. The Morgan fingerprint density at radius 3 is 2.43 bits per heavy atom. The van der Waals surface area contributed by atoms with Crippen LogP contribution in [0.2, 0.25) is 5.02 Å². The minimum atomic E-state index is -3.10. The fourth-order valence-corrected chi connectivity index (χ4v) is 2.60. The molecule has 2 aromatic rings. The number of hydrogen-bond donors (Lipinski definition) is 0. The number of pyridine rings is 1. The van der Waals surface area contributed by atoms with Gasteiger partial charge in [0, 0.05) is 14.0 Å². The van der Waals surface area contributed by atoms with Crippen LogP contribution < -0.4 is 0 Å². The van der Waals surface area contributed by atoms with Crippen LogP contribution >= 0.6 is 11.6 Å². The van der Waals surface area contributed by atoms with E-state index in [0.29, 0.717) is 22.5 Å². The van der Waals surface area contributed by atoms with Gasteiger partial charge in [0.1, 0.15) is 17.5 Å². The van der Waals surface area contributed by atoms with E-state index in [1.54, 1.807) is 19.9 Å². The average molecular weight is 311 g/mol. The van der Waals surface area contributed by atoms with Crippen LogP contribution in [-0.2, 0) is 13.0 Å². The average Bonchev–Trinajstić information content (AvgIpc) is 2.66. The third kappa shape index (κ3) is 2.61. The van der Waals surface area contributed by atoms with E-state index in [1.165, 1.54) is 7.05 Å². The SMILES string of the molecule is Cc1cc(C#N)c(C)nc1-c1nn(C)c(C(C)(F)F)c1Cl. The first-order chi connectivity index (χ1) is 9.66. The van der Waals surface area contributed by atoms with Crippen LogP contribution in [0.4, 0.5) is 8.78 Å². The van der Waals surface area contributed by atoms with Gasteiger partial charge >= 0.3 is 0 Å². The molecule has 0 atom stereocenters. The first-order valence-electron chi connectivity index (χ1n) is 6.16. The van der Waals surface area contributed by atoms with E-state index in [2.05, 4.69) is 10.1 Å². The summed E-state index contributed by atoms with van der Waals surface area (Å²) in [5, 5.41) is 12.9. The molecular weight excluding hydrogens is 298 g/mol. The topological polar surface area (TPSA) is 54.5 Å². The van der Waals surface area contributed by atoms with E-state index >= 15 is 0 Å². The summed E-state index contributed by atoms with van der Waals surface area (Å²) in [5.41, 5.74) is 1.84. The second kappa shape index (κ2) is 5.08. The van der Waals surface area contributed by atoms with Crippen LogP contribution in [0.3, 0.4) is 0 Å². The number of aryl methyl sites for hydroxylation is 3. The molecule has 2 heterocycles. The van der Waals surface area contributed by atoms with E-state index in [0.717, 1.165) is 11.6 Å². The molecule has 0 aromatic carbocycles. The molecule has 110 valence electrons. The van der Waals surface area contributed by atoms with E-state index < -0.39 is 5.92 Å². The molecule has 0 bridgehead atoms. The van der Waals surface area contributed by atoms with Crippen LogP contribution in [0.5, 0.6) is 0 Å². The van der Waals surface area contributed by atoms with Crippen molar-refractivity contribution in [2.45, 2.75) is 26.7 Å². The van der Waals surface area contributed by atoms with Crippen molar-refractivity contribution < 1.29 is 8.78 Å². The monoisotopic (exact) mass is 310 g/mol. The minimum Gasteiger partial charge on any atom is -0.264 e. The van der Waals surface area contributed by atoms with Gasteiger partial charge in [-0.15, -0.1) is 0 Å². The van der Waals surface area contributed by atoms with E-state index in [1.807, 2.05) is 6.07 Å². The van der Waals surface area contributed by atoms with Gasteiger partial charge in [0.25, 0.3) is 5.92 Å². The summed E-state index contributed by atoms with van der Waals surface area (Å²) in [6.07, 6.45) is 0. The van der Waals surface area contributed by atoms with Crippen molar-refractivity contribution in [2.24, 2.45) is 7.05 Å². The van der Waals surface area contributed by atoms with Gasteiger partial charge in [0.2, 0.25) is 0 Å². The van der Waals surface area contributed by atoms with Crippen molar-refractivity contribution in [1.82, 2.24) is 14.8 Å². The highest BCUT2D eigenvalue weighted by atomic mass is 35.5. The third-order valence-corrected chi connectivity index (χ3v) is 3.51. The van der Waals surface area contributed by atoms with Gasteiger partial charge in [-0.1, -0.05) is 11.6 Å². The summed E-state index contributed by atoms with van der Waals surface area (Å²) in [5.74, 6) is -3.10. The van der Waals surface area contributed by atoms with Crippen molar-refractivity contribution in [2.75, 3.05) is 0 Å². The molecule has 0 aliphatic rings. The maximum Gasteiger partial charge on any atom is 0.288 e. The second-order valence-electron chi connectivity index (χ2n) is 4.92. The Morgan fingerprint density at radius 2 is 1.95 bits per heavy atom. The molecule has 2 aromatic heterocycles. The molecule has 2 rings (SSSR count). The molecule has 0 spiro atoms. The van der Waals surface area contributed by atoms with Crippen molar-refractivity contribution in [3.63, 3.8) is 0 Å². The van der Waals surface area contributed by atoms with Gasteiger partial charge in [-0.25, -0.2) is 4.98 Å². The Balaban J connectivity index is 2.70. The van der Waals surface area contributed by atoms with Crippen LogP contribution in [0.15, 0.2) is 6.07 Å². The van der Waals surface area contributed by atoms with Gasteiger partial charge in [0.05, 0.1) is 22.0 Å². The third-order valence-electron chi connectivity index (χ3n) is 3.15. The normalized spacial score (nSPS) is 11.5. The van der Waals surface area contributed by atoms with E-state index in [-0.39, 0.29) is 16.4 Å². The maximum atomic E-state index is 13.6. The Morgan fingerprint density at radius 1 is 1.33 bits per heavy atom. The van der Waals surface area contributed by atoms with Crippen LogP contribution in [0, 0.1) is 25.2 Å². The number of hydrogen-bond acceptors (Lipinski definition) is 3.